The minimum absolute atomic E-state index is 0.205. The standard InChI is InChI=1S/C27H37ClN2O4/c1-5-19-9-6-10-20(17-19)24-21(11-7-12-22(24)28)27(32,13-8-14-29)23-18-30(15-16-33-23)25(31)34-26(2,3)4/h6-7,9-12,17,23,32H,5,8,13-16,18,29H2,1-4H3/t23?,27-/m1/s1. The molecule has 1 fully saturated rings. The van der Waals surface area contributed by atoms with Gasteiger partial charge in [0.1, 0.15) is 17.3 Å². The summed E-state index contributed by atoms with van der Waals surface area (Å²) in [4.78, 5) is 14.4. The van der Waals surface area contributed by atoms with Crippen LogP contribution in [0.15, 0.2) is 42.5 Å². The van der Waals surface area contributed by atoms with Gasteiger partial charge in [0.15, 0.2) is 0 Å². The van der Waals surface area contributed by atoms with Gasteiger partial charge >= 0.3 is 6.09 Å². The summed E-state index contributed by atoms with van der Waals surface area (Å²) in [6.45, 7) is 8.94. The number of hydrogen-bond acceptors (Lipinski definition) is 5. The van der Waals surface area contributed by atoms with Crippen LogP contribution in [0.1, 0.15) is 51.7 Å². The molecule has 1 aliphatic rings. The van der Waals surface area contributed by atoms with Gasteiger partial charge in [-0.05, 0) is 69.3 Å². The lowest BCUT2D eigenvalue weighted by atomic mass is 9.79. The molecule has 2 aromatic rings. The number of rotatable bonds is 7. The molecule has 2 aromatic carbocycles. The second-order valence-electron chi connectivity index (χ2n) is 9.82. The molecule has 6 nitrogen and oxygen atoms in total. The summed E-state index contributed by atoms with van der Waals surface area (Å²) in [6.07, 6.45) is 0.776. The molecule has 186 valence electrons. The monoisotopic (exact) mass is 488 g/mol. The Balaban J connectivity index is 2.04. The maximum atomic E-state index is 12.8. The van der Waals surface area contributed by atoms with E-state index in [0.29, 0.717) is 43.1 Å². The lowest BCUT2D eigenvalue weighted by Crippen LogP contribution is -2.55. The number of benzene rings is 2. The zero-order valence-electron chi connectivity index (χ0n) is 20.6. The molecule has 0 spiro atoms. The summed E-state index contributed by atoms with van der Waals surface area (Å²) in [5.41, 5.74) is 7.41. The largest absolute Gasteiger partial charge is 0.444 e. The van der Waals surface area contributed by atoms with Crippen molar-refractivity contribution < 1.29 is 19.4 Å². The molecule has 1 aliphatic heterocycles. The van der Waals surface area contributed by atoms with E-state index < -0.39 is 23.4 Å². The van der Waals surface area contributed by atoms with Gasteiger partial charge in [0.2, 0.25) is 0 Å². The van der Waals surface area contributed by atoms with E-state index in [9.17, 15) is 9.90 Å². The van der Waals surface area contributed by atoms with Crippen LogP contribution >= 0.6 is 11.6 Å². The van der Waals surface area contributed by atoms with E-state index in [1.54, 1.807) is 4.90 Å². The van der Waals surface area contributed by atoms with Crippen molar-refractivity contribution >= 4 is 17.7 Å². The molecule has 3 N–H and O–H groups in total. The van der Waals surface area contributed by atoms with Gasteiger partial charge in [-0.1, -0.05) is 54.9 Å². The molecule has 3 rings (SSSR count). The number of carbonyl (C=O) groups is 1. The Morgan fingerprint density at radius 2 is 2.00 bits per heavy atom. The first-order valence-corrected chi connectivity index (χ1v) is 12.4. The van der Waals surface area contributed by atoms with Crippen LogP contribution in [0.3, 0.4) is 0 Å². The summed E-state index contributed by atoms with van der Waals surface area (Å²) in [6, 6.07) is 13.7. The highest BCUT2D eigenvalue weighted by atomic mass is 35.5. The summed E-state index contributed by atoms with van der Waals surface area (Å²) >= 11 is 6.73. The topological polar surface area (TPSA) is 85.0 Å². The average Bonchev–Trinajstić information content (AvgIpc) is 2.81. The maximum absolute atomic E-state index is 12.8. The Morgan fingerprint density at radius 1 is 1.26 bits per heavy atom. The van der Waals surface area contributed by atoms with Gasteiger partial charge in [0, 0.05) is 17.1 Å². The summed E-state index contributed by atoms with van der Waals surface area (Å²) in [5.74, 6) is 0. The number of aryl methyl sites for hydroxylation is 1. The van der Waals surface area contributed by atoms with E-state index in [-0.39, 0.29) is 6.54 Å². The van der Waals surface area contributed by atoms with E-state index in [1.165, 1.54) is 5.56 Å². The fourth-order valence-electron chi connectivity index (χ4n) is 4.40. The van der Waals surface area contributed by atoms with Crippen molar-refractivity contribution in [1.29, 1.82) is 0 Å². The van der Waals surface area contributed by atoms with Gasteiger partial charge in [-0.2, -0.15) is 0 Å². The van der Waals surface area contributed by atoms with Crippen LogP contribution in [0.2, 0.25) is 5.02 Å². The molecular formula is C27H37ClN2O4. The van der Waals surface area contributed by atoms with Crippen molar-refractivity contribution in [2.45, 2.75) is 64.3 Å². The molecule has 0 saturated carbocycles. The summed E-state index contributed by atoms with van der Waals surface area (Å²) in [5, 5.41) is 12.8. The second-order valence-corrected chi connectivity index (χ2v) is 10.2. The van der Waals surface area contributed by atoms with Crippen LogP contribution in [0.4, 0.5) is 4.79 Å². The first kappa shape index (κ1) is 26.5. The quantitative estimate of drug-likeness (QED) is 0.564. The second kappa shape index (κ2) is 11.1. The number of ether oxygens (including phenoxy) is 2. The summed E-state index contributed by atoms with van der Waals surface area (Å²) < 4.78 is 11.7. The SMILES string of the molecule is CCc1cccc(-c2c(Cl)cccc2[C@](O)(CCCN)C2CN(C(=O)OC(C)(C)C)CCO2)c1. The van der Waals surface area contributed by atoms with E-state index in [4.69, 9.17) is 26.8 Å². The van der Waals surface area contributed by atoms with Crippen LogP contribution < -0.4 is 5.73 Å². The lowest BCUT2D eigenvalue weighted by molar-refractivity contribution is -0.150. The fourth-order valence-corrected chi connectivity index (χ4v) is 4.68. The van der Waals surface area contributed by atoms with Crippen molar-refractivity contribution in [2.75, 3.05) is 26.2 Å². The predicted molar refractivity (Wildman–Crippen MR) is 136 cm³/mol. The Labute approximate surface area is 208 Å². The number of aliphatic hydroxyl groups is 1. The van der Waals surface area contributed by atoms with Crippen molar-refractivity contribution in [1.82, 2.24) is 4.90 Å². The molecule has 0 aromatic heterocycles. The lowest BCUT2D eigenvalue weighted by Gasteiger charge is -2.43. The molecule has 1 saturated heterocycles. The Morgan fingerprint density at radius 3 is 2.68 bits per heavy atom. The maximum Gasteiger partial charge on any atom is 0.410 e. The molecule has 2 atom stereocenters. The first-order chi connectivity index (χ1) is 16.1. The Kier molecular flexibility index (Phi) is 8.63. The average molecular weight is 489 g/mol. The highest BCUT2D eigenvalue weighted by molar-refractivity contribution is 6.33. The number of halogens is 1. The van der Waals surface area contributed by atoms with Crippen molar-refractivity contribution in [2.24, 2.45) is 5.73 Å². The van der Waals surface area contributed by atoms with Crippen LogP contribution in [-0.2, 0) is 21.5 Å². The first-order valence-electron chi connectivity index (χ1n) is 12.0. The highest BCUT2D eigenvalue weighted by Gasteiger charge is 2.44. The van der Waals surface area contributed by atoms with Gasteiger partial charge < -0.3 is 25.2 Å². The number of nitrogens with zero attached hydrogens (tertiary/aromatic N) is 1. The molecule has 1 unspecified atom stereocenters. The molecule has 7 heteroatoms. The molecular weight excluding hydrogens is 452 g/mol. The minimum atomic E-state index is -1.40. The van der Waals surface area contributed by atoms with Crippen molar-refractivity contribution in [3.8, 4) is 11.1 Å². The van der Waals surface area contributed by atoms with Gasteiger partial charge in [-0.25, -0.2) is 4.79 Å². The molecule has 0 aliphatic carbocycles. The van der Waals surface area contributed by atoms with Crippen LogP contribution in [0.25, 0.3) is 11.1 Å². The number of nitrogens with two attached hydrogens (primary N) is 1. The fraction of sp³-hybridized carbons (Fsp3) is 0.519. The third-order valence-corrected chi connectivity index (χ3v) is 6.43. The van der Waals surface area contributed by atoms with Crippen LogP contribution in [0, 0.1) is 0 Å². The van der Waals surface area contributed by atoms with Gasteiger partial charge in [-0.3, -0.25) is 0 Å². The molecule has 0 radical (unpaired) electrons. The normalized spacial score (nSPS) is 18.4. The van der Waals surface area contributed by atoms with Crippen molar-refractivity contribution in [3.05, 3.63) is 58.6 Å². The highest BCUT2D eigenvalue weighted by Crippen LogP contribution is 2.42. The number of morpholine rings is 1. The number of amides is 1. The number of carbonyl (C=O) groups excluding carboxylic acids is 1. The zero-order chi connectivity index (χ0) is 24.9. The molecule has 34 heavy (non-hydrogen) atoms. The van der Waals surface area contributed by atoms with Crippen LogP contribution in [-0.4, -0.2) is 54.0 Å². The zero-order valence-corrected chi connectivity index (χ0v) is 21.4. The van der Waals surface area contributed by atoms with Gasteiger partial charge in [0.05, 0.1) is 13.2 Å². The molecule has 0 bridgehead atoms. The summed E-state index contributed by atoms with van der Waals surface area (Å²) in [7, 11) is 0. The van der Waals surface area contributed by atoms with Crippen molar-refractivity contribution in [3.63, 3.8) is 0 Å². The van der Waals surface area contributed by atoms with Gasteiger partial charge in [0.25, 0.3) is 0 Å². The third-order valence-electron chi connectivity index (χ3n) is 6.12. The molecule has 1 heterocycles. The van der Waals surface area contributed by atoms with E-state index in [1.807, 2.05) is 51.1 Å². The van der Waals surface area contributed by atoms with E-state index in [0.717, 1.165) is 17.5 Å². The molecule has 1 amide bonds. The Bertz CT molecular complexity index is 991. The number of hydrogen-bond donors (Lipinski definition) is 2. The van der Waals surface area contributed by atoms with E-state index in [2.05, 4.69) is 19.1 Å². The minimum Gasteiger partial charge on any atom is -0.444 e. The Hall–Kier alpha value is -2.12. The smallest absolute Gasteiger partial charge is 0.410 e. The third kappa shape index (κ3) is 6.11. The van der Waals surface area contributed by atoms with Crippen LogP contribution in [0.5, 0.6) is 0 Å². The van der Waals surface area contributed by atoms with Gasteiger partial charge in [-0.15, -0.1) is 0 Å². The predicted octanol–water partition coefficient (Wildman–Crippen LogP) is 5.13. The van der Waals surface area contributed by atoms with E-state index >= 15 is 0 Å².